The minimum absolute atomic E-state index is 0.0936. The summed E-state index contributed by atoms with van der Waals surface area (Å²) < 4.78 is 89.1. The fraction of sp³-hybridized carbons (Fsp3) is 0.643. The van der Waals surface area contributed by atoms with Crippen LogP contribution in [-0.4, -0.2) is 83.0 Å². The Morgan fingerprint density at radius 1 is 1.17 bits per heavy atom. The van der Waals surface area contributed by atoms with E-state index in [9.17, 15) is 22.7 Å². The predicted molar refractivity (Wildman–Crippen MR) is 146 cm³/mol. The van der Waals surface area contributed by atoms with Crippen molar-refractivity contribution in [2.24, 2.45) is 0 Å². The van der Waals surface area contributed by atoms with Gasteiger partial charge in [-0.2, -0.15) is 23.1 Å². The van der Waals surface area contributed by atoms with Gasteiger partial charge in [-0.15, -0.1) is 0 Å². The van der Waals surface area contributed by atoms with Crippen molar-refractivity contribution in [2.75, 3.05) is 49.1 Å². The summed E-state index contributed by atoms with van der Waals surface area (Å²) in [6.07, 6.45) is -4.23. The third-order valence-electron chi connectivity index (χ3n) is 9.02. The molecule has 4 fully saturated rings. The number of alkyl halides is 4. The molecule has 2 aromatic rings. The van der Waals surface area contributed by atoms with Crippen LogP contribution in [0.5, 0.6) is 11.8 Å². The molecule has 6 heterocycles. The molecule has 4 saturated heterocycles. The Hall–Kier alpha value is -2.57. The predicted octanol–water partition coefficient (Wildman–Crippen LogP) is 4.31. The lowest BCUT2D eigenvalue weighted by Crippen LogP contribution is -2.52. The van der Waals surface area contributed by atoms with E-state index in [-0.39, 0.29) is 49.8 Å². The molecule has 2 N–H and O–H groups in total. The van der Waals surface area contributed by atoms with Crippen molar-refractivity contribution in [3.8, 4) is 11.8 Å². The highest BCUT2D eigenvalue weighted by Crippen LogP contribution is 2.45. The second kappa shape index (κ2) is 10.0. The highest BCUT2D eigenvalue weighted by atomic mass is 35.5. The molecular formula is C28H33ClF4N6O2. The molecule has 8 nitrogen and oxygen atoms in total. The molecule has 1 aromatic carbocycles. The Morgan fingerprint density at radius 3 is 2.71 bits per heavy atom. The topological polar surface area (TPSA) is 77.0 Å². The summed E-state index contributed by atoms with van der Waals surface area (Å²) in [5.74, 6) is 0.146. The zero-order valence-corrected chi connectivity index (χ0v) is 23.0. The third kappa shape index (κ3) is 4.95. The second-order valence-corrected chi connectivity index (χ2v) is 12.2. The quantitative estimate of drug-likeness (QED) is 0.493. The van der Waals surface area contributed by atoms with Crippen LogP contribution >= 0.6 is 11.6 Å². The summed E-state index contributed by atoms with van der Waals surface area (Å²) in [7, 11) is 0. The number of piperazine rings is 1. The molecule has 0 saturated carbocycles. The van der Waals surface area contributed by atoms with Gasteiger partial charge in [0.25, 0.3) is 0 Å². The van der Waals surface area contributed by atoms with Crippen molar-refractivity contribution < 1.29 is 31.5 Å². The minimum Gasteiger partial charge on any atom is -0.508 e. The Morgan fingerprint density at radius 2 is 1.95 bits per heavy atom. The van der Waals surface area contributed by atoms with Gasteiger partial charge in [-0.3, -0.25) is 4.90 Å². The maximum absolute atomic E-state index is 14.9. The van der Waals surface area contributed by atoms with Crippen molar-refractivity contribution in [3.63, 3.8) is 0 Å². The van der Waals surface area contributed by atoms with Crippen LogP contribution in [0.1, 0.15) is 53.0 Å². The molecular weight excluding hydrogens is 564 g/mol. The van der Waals surface area contributed by atoms with Gasteiger partial charge < -0.3 is 25.0 Å². The van der Waals surface area contributed by atoms with Gasteiger partial charge >= 0.3 is 12.2 Å². The van der Waals surface area contributed by atoms with E-state index in [1.807, 2.05) is 0 Å². The number of nitrogens with zero attached hydrogens (tertiary/aromatic N) is 5. The minimum atomic E-state index is -4.78. The van der Waals surface area contributed by atoms with E-state index < -0.39 is 40.8 Å². The zero-order valence-electron chi connectivity index (χ0n) is 25.3. The second-order valence-electron chi connectivity index (χ2n) is 11.7. The summed E-state index contributed by atoms with van der Waals surface area (Å²) in [6.45, 7) is -0.859. The molecule has 5 aliphatic heterocycles. The van der Waals surface area contributed by atoms with E-state index in [1.54, 1.807) is 4.90 Å². The van der Waals surface area contributed by atoms with Crippen molar-refractivity contribution in [3.05, 3.63) is 34.0 Å². The van der Waals surface area contributed by atoms with Gasteiger partial charge in [0.15, 0.2) is 0 Å². The average Bonchev–Trinajstić information content (AvgIpc) is 3.55. The number of aromatic nitrogens is 2. The van der Waals surface area contributed by atoms with E-state index in [1.165, 1.54) is 4.90 Å². The lowest BCUT2D eigenvalue weighted by Gasteiger charge is -2.38. The SMILES string of the molecule is [2H]C([2H])(Oc1nc2c(c(N3C[C@H]4CC[C@@H](C3)N4)n1)CCN(c1cc(O)cc(Cl)c1C(F)(F)F)C2)[C@@]12CCCN1C[C@]([2H])(F)C2. The van der Waals surface area contributed by atoms with Gasteiger partial charge in [0, 0.05) is 56.3 Å². The fourth-order valence-corrected chi connectivity index (χ4v) is 7.53. The van der Waals surface area contributed by atoms with Crippen LogP contribution in [0.3, 0.4) is 0 Å². The number of nitrogens with one attached hydrogen (secondary N) is 1. The number of benzene rings is 1. The first kappa shape index (κ1) is 23.9. The molecule has 0 spiro atoms. The number of rotatable bonds is 5. The smallest absolute Gasteiger partial charge is 0.419 e. The highest BCUT2D eigenvalue weighted by Gasteiger charge is 2.49. The maximum Gasteiger partial charge on any atom is 0.419 e. The summed E-state index contributed by atoms with van der Waals surface area (Å²) in [5, 5.41) is 13.1. The van der Waals surface area contributed by atoms with Gasteiger partial charge in [-0.1, -0.05) is 11.6 Å². The van der Waals surface area contributed by atoms with Crippen LogP contribution in [0.15, 0.2) is 12.1 Å². The Bertz CT molecular complexity index is 1470. The van der Waals surface area contributed by atoms with Crippen molar-refractivity contribution in [2.45, 2.75) is 75.0 Å². The van der Waals surface area contributed by atoms with Crippen LogP contribution in [-0.2, 0) is 19.1 Å². The van der Waals surface area contributed by atoms with Gasteiger partial charge in [-0.25, -0.2) is 4.39 Å². The first-order chi connectivity index (χ1) is 20.6. The van der Waals surface area contributed by atoms with Gasteiger partial charge in [0.1, 0.15) is 24.3 Å². The standard InChI is InChI=1S/C28H33ClF4N6O2/c29-21-8-19(40)9-23(24(21)28(31,32)33)37-7-4-20-22(14-37)35-26(36-25(20)38-12-17-2-3-18(13-38)34-17)41-15-27-5-1-6-39(27)11-16(30)10-27/h8-9,16-18,34,40H,1-7,10-15H2/t16-,17-,18+,27+/m1/s1/i15D2,16D. The van der Waals surface area contributed by atoms with Crippen molar-refractivity contribution in [1.82, 2.24) is 20.2 Å². The van der Waals surface area contributed by atoms with E-state index in [4.69, 9.17) is 25.4 Å². The number of hydrogen-bond acceptors (Lipinski definition) is 8. The summed E-state index contributed by atoms with van der Waals surface area (Å²) in [5.41, 5.74) is -1.60. The third-order valence-corrected chi connectivity index (χ3v) is 9.32. The summed E-state index contributed by atoms with van der Waals surface area (Å²) in [4.78, 5) is 14.4. The number of fused-ring (bicyclic) bond motifs is 4. The molecule has 2 bridgehead atoms. The lowest BCUT2D eigenvalue weighted by molar-refractivity contribution is -0.137. The van der Waals surface area contributed by atoms with E-state index in [0.717, 1.165) is 30.5 Å². The molecule has 7 rings (SSSR count). The molecule has 1 aromatic heterocycles. The monoisotopic (exact) mass is 599 g/mol. The molecule has 0 aliphatic carbocycles. The molecule has 4 atom stereocenters. The van der Waals surface area contributed by atoms with Crippen molar-refractivity contribution in [1.29, 1.82) is 0 Å². The van der Waals surface area contributed by atoms with Crippen molar-refractivity contribution >= 4 is 23.1 Å². The van der Waals surface area contributed by atoms with Gasteiger partial charge in [0.2, 0.25) is 0 Å². The number of halogens is 5. The van der Waals surface area contributed by atoms with Gasteiger partial charge in [0.05, 0.1) is 38.2 Å². The maximum atomic E-state index is 14.9. The summed E-state index contributed by atoms with van der Waals surface area (Å²) in [6, 6.07) is 2.10. The lowest BCUT2D eigenvalue weighted by atomic mass is 9.95. The Labute approximate surface area is 244 Å². The largest absolute Gasteiger partial charge is 0.508 e. The first-order valence-corrected chi connectivity index (χ1v) is 14.4. The normalized spacial score (nSPS) is 32.9. The highest BCUT2D eigenvalue weighted by molar-refractivity contribution is 6.32. The zero-order chi connectivity index (χ0) is 31.2. The van der Waals surface area contributed by atoms with Gasteiger partial charge in [-0.05, 0) is 44.7 Å². The van der Waals surface area contributed by atoms with Crippen LogP contribution < -0.4 is 19.9 Å². The molecule has 5 aliphatic rings. The number of phenolic OH excluding ortho intramolecular Hbond substituents is 1. The molecule has 0 unspecified atom stereocenters. The molecule has 222 valence electrons. The Balaban J connectivity index is 1.28. The number of ether oxygens (including phenoxy) is 1. The van der Waals surface area contributed by atoms with E-state index in [0.29, 0.717) is 50.4 Å². The average molecular weight is 600 g/mol. The first-order valence-electron chi connectivity index (χ1n) is 15.5. The van der Waals surface area contributed by atoms with E-state index in [2.05, 4.69) is 15.2 Å². The molecule has 41 heavy (non-hydrogen) atoms. The van der Waals surface area contributed by atoms with Crippen LogP contribution in [0.2, 0.25) is 5.02 Å². The molecule has 13 heteroatoms. The number of hydrogen-bond donors (Lipinski definition) is 2. The number of aromatic hydroxyl groups is 1. The molecule has 0 amide bonds. The number of anilines is 2. The van der Waals surface area contributed by atoms with Crippen LogP contribution in [0.25, 0.3) is 0 Å². The van der Waals surface area contributed by atoms with Crippen LogP contribution in [0.4, 0.5) is 29.1 Å². The molecule has 0 radical (unpaired) electrons. The number of phenols is 1. The van der Waals surface area contributed by atoms with Crippen LogP contribution in [0, 0.1) is 0 Å². The Kier molecular flexibility index (Phi) is 5.85. The summed E-state index contributed by atoms with van der Waals surface area (Å²) >= 11 is 5.97. The fourth-order valence-electron chi connectivity index (χ4n) is 7.22. The van der Waals surface area contributed by atoms with E-state index >= 15 is 0 Å².